The predicted octanol–water partition coefficient (Wildman–Crippen LogP) is 3.15. The van der Waals surface area contributed by atoms with Crippen molar-refractivity contribution in [1.82, 2.24) is 10.3 Å². The van der Waals surface area contributed by atoms with Crippen molar-refractivity contribution in [3.63, 3.8) is 0 Å². The van der Waals surface area contributed by atoms with E-state index < -0.39 is 14.4 Å². The molecular formula is C18H32N4O3Si. The molecule has 26 heavy (non-hydrogen) atoms. The van der Waals surface area contributed by atoms with Gasteiger partial charge in [-0.15, -0.1) is 0 Å². The summed E-state index contributed by atoms with van der Waals surface area (Å²) in [5, 5.41) is 12.1. The van der Waals surface area contributed by atoms with Crippen molar-refractivity contribution < 1.29 is 14.3 Å². The largest absolute Gasteiger partial charge is 0.465 e. The van der Waals surface area contributed by atoms with Crippen LogP contribution in [0, 0.1) is 5.92 Å². The van der Waals surface area contributed by atoms with Crippen LogP contribution in [0.4, 0.5) is 16.2 Å². The van der Waals surface area contributed by atoms with Crippen molar-refractivity contribution in [2.75, 3.05) is 23.7 Å². The number of rotatable bonds is 4. The fourth-order valence-corrected chi connectivity index (χ4v) is 4.58. The Kier molecular flexibility index (Phi) is 5.87. The molecule has 8 heteroatoms. The van der Waals surface area contributed by atoms with Crippen molar-refractivity contribution in [2.24, 2.45) is 5.92 Å². The zero-order chi connectivity index (χ0) is 19.7. The Morgan fingerprint density at radius 1 is 1.42 bits per heavy atom. The lowest BCUT2D eigenvalue weighted by atomic mass is 9.92. The lowest BCUT2D eigenvalue weighted by Crippen LogP contribution is -2.62. The number of carbonyl (C=O) groups is 1. The van der Waals surface area contributed by atoms with E-state index in [2.05, 4.69) is 56.0 Å². The molecule has 1 aromatic rings. The van der Waals surface area contributed by atoms with Gasteiger partial charge in [-0.3, -0.25) is 4.98 Å². The highest BCUT2D eigenvalue weighted by atomic mass is 28.4. The van der Waals surface area contributed by atoms with Crippen molar-refractivity contribution in [2.45, 2.75) is 58.0 Å². The first-order chi connectivity index (χ1) is 11.9. The monoisotopic (exact) mass is 380 g/mol. The fourth-order valence-electron chi connectivity index (χ4n) is 3.15. The topological polar surface area (TPSA) is 101 Å². The lowest BCUT2D eigenvalue weighted by Gasteiger charge is -2.48. The highest BCUT2D eigenvalue weighted by Crippen LogP contribution is 2.39. The van der Waals surface area contributed by atoms with Crippen LogP contribution in [0.15, 0.2) is 18.5 Å². The van der Waals surface area contributed by atoms with Gasteiger partial charge in [0, 0.05) is 25.2 Å². The minimum absolute atomic E-state index is 0.0627. The molecule has 1 saturated heterocycles. The Balaban J connectivity index is 2.27. The molecule has 4 N–H and O–H groups in total. The zero-order valence-electron chi connectivity index (χ0n) is 16.6. The summed E-state index contributed by atoms with van der Waals surface area (Å²) in [6, 6.07) is 1.55. The Bertz CT molecular complexity index is 648. The van der Waals surface area contributed by atoms with Crippen LogP contribution in [-0.4, -0.2) is 49.7 Å². The Hall–Kier alpha value is -1.80. The van der Waals surface area contributed by atoms with Gasteiger partial charge < -0.3 is 25.5 Å². The van der Waals surface area contributed by atoms with E-state index in [-0.39, 0.29) is 23.1 Å². The summed E-state index contributed by atoms with van der Waals surface area (Å²) < 4.78 is 6.63. The second-order valence-corrected chi connectivity index (χ2v) is 13.5. The second kappa shape index (κ2) is 7.44. The van der Waals surface area contributed by atoms with Gasteiger partial charge in [0.1, 0.15) is 0 Å². The number of nitrogens with one attached hydrogen (secondary N) is 1. The molecule has 146 valence electrons. The molecule has 0 aliphatic carbocycles. The highest BCUT2D eigenvalue weighted by Gasteiger charge is 2.45. The molecule has 1 aromatic heterocycles. The van der Waals surface area contributed by atoms with E-state index in [1.54, 1.807) is 12.4 Å². The van der Waals surface area contributed by atoms with E-state index in [1.807, 2.05) is 6.07 Å². The lowest BCUT2D eigenvalue weighted by molar-refractivity contribution is 0.0722. The molecule has 0 aromatic carbocycles. The van der Waals surface area contributed by atoms with Crippen LogP contribution in [0.25, 0.3) is 0 Å². The van der Waals surface area contributed by atoms with Gasteiger partial charge in [-0.1, -0.05) is 27.7 Å². The SMILES string of the molecule is CC1CN(c2ccncc2N)CC(NC(=O)O)C1O[Si](C)(C)C(C)(C)C. The summed E-state index contributed by atoms with van der Waals surface area (Å²) in [4.78, 5) is 17.5. The van der Waals surface area contributed by atoms with E-state index in [0.717, 1.165) is 12.2 Å². The number of aromatic nitrogens is 1. The van der Waals surface area contributed by atoms with Gasteiger partial charge in [-0.2, -0.15) is 0 Å². The van der Waals surface area contributed by atoms with E-state index >= 15 is 0 Å². The van der Waals surface area contributed by atoms with Crippen molar-refractivity contribution in [3.05, 3.63) is 18.5 Å². The summed E-state index contributed by atoms with van der Waals surface area (Å²) in [7, 11) is -2.03. The molecule has 1 fully saturated rings. The molecule has 1 aliphatic heterocycles. The first-order valence-corrected chi connectivity index (χ1v) is 11.9. The molecule has 2 rings (SSSR count). The minimum atomic E-state index is -2.03. The number of carboxylic acid groups (broad SMARTS) is 1. The molecule has 1 amide bonds. The maximum atomic E-state index is 11.4. The number of anilines is 2. The Morgan fingerprint density at radius 2 is 2.08 bits per heavy atom. The smallest absolute Gasteiger partial charge is 0.405 e. The minimum Gasteiger partial charge on any atom is -0.465 e. The molecule has 0 radical (unpaired) electrons. The van der Waals surface area contributed by atoms with Crippen LogP contribution in [-0.2, 0) is 4.43 Å². The average molecular weight is 381 g/mol. The fraction of sp³-hybridized carbons (Fsp3) is 0.667. The van der Waals surface area contributed by atoms with E-state index in [9.17, 15) is 9.90 Å². The van der Waals surface area contributed by atoms with E-state index in [0.29, 0.717) is 12.2 Å². The molecule has 2 heterocycles. The number of amides is 1. The molecular weight excluding hydrogens is 348 g/mol. The van der Waals surface area contributed by atoms with Crippen LogP contribution in [0.2, 0.25) is 18.1 Å². The molecule has 0 spiro atoms. The van der Waals surface area contributed by atoms with Gasteiger partial charge in [0.2, 0.25) is 0 Å². The van der Waals surface area contributed by atoms with Crippen LogP contribution in [0.3, 0.4) is 0 Å². The van der Waals surface area contributed by atoms with Crippen LogP contribution >= 0.6 is 0 Å². The number of pyridine rings is 1. The molecule has 7 nitrogen and oxygen atoms in total. The molecule has 3 unspecified atom stereocenters. The van der Waals surface area contributed by atoms with Crippen LogP contribution < -0.4 is 16.0 Å². The molecule has 0 bridgehead atoms. The van der Waals surface area contributed by atoms with Gasteiger partial charge in [0.25, 0.3) is 0 Å². The molecule has 3 atom stereocenters. The first kappa shape index (κ1) is 20.5. The number of nitrogen functional groups attached to an aromatic ring is 1. The van der Waals surface area contributed by atoms with Gasteiger partial charge >= 0.3 is 6.09 Å². The number of nitrogens with two attached hydrogens (primary N) is 1. The highest BCUT2D eigenvalue weighted by molar-refractivity contribution is 6.74. The summed E-state index contributed by atoms with van der Waals surface area (Å²) in [6.07, 6.45) is 2.13. The summed E-state index contributed by atoms with van der Waals surface area (Å²) in [5.41, 5.74) is 7.55. The standard InChI is InChI=1S/C18H32N4O3Si/c1-12-10-22(15-7-8-20-9-13(15)19)11-14(21-17(23)24)16(12)25-26(5,6)18(2,3)4/h7-9,12,14,16,21H,10-11,19H2,1-6H3,(H,23,24). The normalized spacial score (nSPS) is 24.4. The third kappa shape index (κ3) is 4.48. The van der Waals surface area contributed by atoms with Gasteiger partial charge in [0.05, 0.1) is 29.7 Å². The van der Waals surface area contributed by atoms with Crippen molar-refractivity contribution in [1.29, 1.82) is 0 Å². The third-order valence-electron chi connectivity index (χ3n) is 5.60. The summed E-state index contributed by atoms with van der Waals surface area (Å²) in [5.74, 6) is 0.155. The Labute approximate surface area is 157 Å². The zero-order valence-corrected chi connectivity index (χ0v) is 17.6. The third-order valence-corrected chi connectivity index (χ3v) is 10.1. The Morgan fingerprint density at radius 3 is 2.62 bits per heavy atom. The maximum Gasteiger partial charge on any atom is 0.405 e. The van der Waals surface area contributed by atoms with Gasteiger partial charge in [-0.25, -0.2) is 4.79 Å². The average Bonchev–Trinajstić information content (AvgIpc) is 2.49. The first-order valence-electron chi connectivity index (χ1n) is 9.04. The molecule has 1 aliphatic rings. The van der Waals surface area contributed by atoms with E-state index in [1.165, 1.54) is 0 Å². The van der Waals surface area contributed by atoms with Crippen molar-refractivity contribution >= 4 is 25.8 Å². The summed E-state index contributed by atoms with van der Waals surface area (Å²) >= 11 is 0. The number of hydrogen-bond donors (Lipinski definition) is 3. The number of piperidine rings is 1. The van der Waals surface area contributed by atoms with Crippen LogP contribution in [0.1, 0.15) is 27.7 Å². The quantitative estimate of drug-likeness (QED) is 0.694. The number of nitrogens with zero attached hydrogens (tertiary/aromatic N) is 2. The van der Waals surface area contributed by atoms with Crippen molar-refractivity contribution in [3.8, 4) is 0 Å². The molecule has 0 saturated carbocycles. The predicted molar refractivity (Wildman–Crippen MR) is 107 cm³/mol. The maximum absolute atomic E-state index is 11.4. The second-order valence-electron chi connectivity index (χ2n) is 8.72. The number of hydrogen-bond acceptors (Lipinski definition) is 5. The van der Waals surface area contributed by atoms with Gasteiger partial charge in [-0.05, 0) is 24.2 Å². The van der Waals surface area contributed by atoms with Crippen LogP contribution in [0.5, 0.6) is 0 Å². The van der Waals surface area contributed by atoms with Gasteiger partial charge in [0.15, 0.2) is 8.32 Å². The van der Waals surface area contributed by atoms with E-state index in [4.69, 9.17) is 10.2 Å². The summed E-state index contributed by atoms with van der Waals surface area (Å²) in [6.45, 7) is 14.4.